The largest absolute Gasteiger partial charge is 0.364 e. The van der Waals surface area contributed by atoms with Gasteiger partial charge in [-0.15, -0.1) is 10.2 Å². The lowest BCUT2D eigenvalue weighted by Gasteiger charge is -2.11. The van der Waals surface area contributed by atoms with Gasteiger partial charge >= 0.3 is 0 Å². The molecule has 0 amide bonds. The van der Waals surface area contributed by atoms with Gasteiger partial charge in [-0.05, 0) is 23.8 Å². The van der Waals surface area contributed by atoms with Crippen LogP contribution in [0.5, 0.6) is 0 Å². The van der Waals surface area contributed by atoms with E-state index >= 15 is 0 Å². The van der Waals surface area contributed by atoms with Gasteiger partial charge in [0.2, 0.25) is 0 Å². The van der Waals surface area contributed by atoms with Crippen LogP contribution in [0, 0.1) is 0 Å². The zero-order chi connectivity index (χ0) is 15.9. The van der Waals surface area contributed by atoms with E-state index in [0.717, 1.165) is 5.69 Å². The van der Waals surface area contributed by atoms with E-state index in [4.69, 9.17) is 0 Å². The van der Waals surface area contributed by atoms with Crippen LogP contribution in [0.15, 0.2) is 36.5 Å². The van der Waals surface area contributed by atoms with Gasteiger partial charge in [0.25, 0.3) is 0 Å². The van der Waals surface area contributed by atoms with E-state index in [-0.39, 0.29) is 17.5 Å². The van der Waals surface area contributed by atoms with E-state index < -0.39 is 9.84 Å². The zero-order valence-corrected chi connectivity index (χ0v) is 12.9. The summed E-state index contributed by atoms with van der Waals surface area (Å²) in [5.41, 5.74) is 1.45. The van der Waals surface area contributed by atoms with Crippen molar-refractivity contribution in [1.29, 1.82) is 0 Å². The molecule has 1 unspecified atom stereocenters. The first-order valence-electron chi connectivity index (χ1n) is 7.22. The Morgan fingerprint density at radius 1 is 1.17 bits per heavy atom. The van der Waals surface area contributed by atoms with Crippen LogP contribution in [0.1, 0.15) is 6.42 Å². The summed E-state index contributed by atoms with van der Waals surface area (Å²) in [5.74, 6) is 0.834. The molecule has 1 aliphatic rings. The summed E-state index contributed by atoms with van der Waals surface area (Å²) in [7, 11) is -2.95. The maximum absolute atomic E-state index is 11.6. The summed E-state index contributed by atoms with van der Waals surface area (Å²) in [6, 6.07) is 9.45. The lowest BCUT2D eigenvalue weighted by atomic mass is 10.2. The Balaban J connectivity index is 1.71. The van der Waals surface area contributed by atoms with Gasteiger partial charge in [0.1, 0.15) is 0 Å². The zero-order valence-electron chi connectivity index (χ0n) is 12.1. The van der Waals surface area contributed by atoms with Crippen molar-refractivity contribution < 1.29 is 8.42 Å². The molecule has 8 nitrogen and oxygen atoms in total. The molecule has 1 fully saturated rings. The molecule has 23 heavy (non-hydrogen) atoms. The molecule has 0 saturated carbocycles. The molecule has 0 bridgehead atoms. The third-order valence-corrected chi connectivity index (χ3v) is 5.63. The standard InChI is InChI=1S/C14H14N6O2S/c21-23(22)7-6-10(9-23)16-13-12-8-15-20(14(12)18-19-17-13)11-4-2-1-3-5-11/h1-5,8,10H,6-7,9H2,(H,16,17,18). The number of nitrogens with one attached hydrogen (secondary N) is 1. The van der Waals surface area contributed by atoms with Crippen molar-refractivity contribution in [3.05, 3.63) is 36.5 Å². The molecule has 1 aromatic carbocycles. The maximum Gasteiger partial charge on any atom is 0.190 e. The Morgan fingerprint density at radius 3 is 2.74 bits per heavy atom. The molecule has 2 aromatic heterocycles. The van der Waals surface area contributed by atoms with Gasteiger partial charge in [0, 0.05) is 6.04 Å². The summed E-state index contributed by atoms with van der Waals surface area (Å²) in [6.45, 7) is 0. The minimum Gasteiger partial charge on any atom is -0.364 e. The predicted molar refractivity (Wildman–Crippen MR) is 85.1 cm³/mol. The van der Waals surface area contributed by atoms with Crippen molar-refractivity contribution in [1.82, 2.24) is 25.2 Å². The number of hydrogen-bond acceptors (Lipinski definition) is 7. The van der Waals surface area contributed by atoms with Gasteiger partial charge in [-0.2, -0.15) is 5.10 Å². The Labute approximate surface area is 132 Å². The van der Waals surface area contributed by atoms with E-state index in [0.29, 0.717) is 23.3 Å². The van der Waals surface area contributed by atoms with Crippen LogP contribution in [0.25, 0.3) is 16.7 Å². The number of aromatic nitrogens is 5. The Bertz CT molecular complexity index is 954. The average molecular weight is 330 g/mol. The van der Waals surface area contributed by atoms with Crippen LogP contribution in [0.4, 0.5) is 5.82 Å². The summed E-state index contributed by atoms with van der Waals surface area (Å²) < 4.78 is 24.8. The second-order valence-corrected chi connectivity index (χ2v) is 7.74. The van der Waals surface area contributed by atoms with Gasteiger partial charge in [-0.25, -0.2) is 13.1 Å². The molecular formula is C14H14N6O2S. The minimum atomic E-state index is -2.95. The Morgan fingerprint density at radius 2 is 2.00 bits per heavy atom. The fourth-order valence-electron chi connectivity index (χ4n) is 2.74. The van der Waals surface area contributed by atoms with E-state index in [1.807, 2.05) is 30.3 Å². The summed E-state index contributed by atoms with van der Waals surface area (Å²) in [6.07, 6.45) is 2.23. The number of rotatable bonds is 3. The van der Waals surface area contributed by atoms with Crippen LogP contribution < -0.4 is 5.32 Å². The normalized spacial score (nSPS) is 19.9. The number of sulfone groups is 1. The number of para-hydroxylation sites is 1. The number of nitrogens with zero attached hydrogens (tertiary/aromatic N) is 5. The molecule has 3 heterocycles. The van der Waals surface area contributed by atoms with Gasteiger partial charge in [0.15, 0.2) is 21.3 Å². The fourth-order valence-corrected chi connectivity index (χ4v) is 4.41. The third kappa shape index (κ3) is 2.63. The molecule has 9 heteroatoms. The molecule has 1 N–H and O–H groups in total. The molecule has 1 saturated heterocycles. The smallest absolute Gasteiger partial charge is 0.190 e. The SMILES string of the molecule is O=S1(=O)CCC(Nc2nnnc3c2cnn3-c2ccccc2)C1. The second kappa shape index (κ2) is 5.27. The molecule has 4 rings (SSSR count). The molecule has 3 aromatic rings. The third-order valence-electron chi connectivity index (χ3n) is 3.86. The quantitative estimate of drug-likeness (QED) is 0.758. The molecule has 0 spiro atoms. The number of benzene rings is 1. The average Bonchev–Trinajstić information content (AvgIpc) is 3.12. The van der Waals surface area contributed by atoms with Gasteiger partial charge in [-0.1, -0.05) is 18.2 Å². The molecule has 1 atom stereocenters. The van der Waals surface area contributed by atoms with Crippen molar-refractivity contribution in [2.24, 2.45) is 0 Å². The highest BCUT2D eigenvalue weighted by molar-refractivity contribution is 7.91. The van der Waals surface area contributed by atoms with Crippen LogP contribution in [0.3, 0.4) is 0 Å². The molecule has 118 valence electrons. The number of fused-ring (bicyclic) bond motifs is 1. The monoisotopic (exact) mass is 330 g/mol. The van der Waals surface area contributed by atoms with Crippen molar-refractivity contribution >= 4 is 26.7 Å². The van der Waals surface area contributed by atoms with Crippen molar-refractivity contribution in [3.63, 3.8) is 0 Å². The Kier molecular flexibility index (Phi) is 3.22. The Hall–Kier alpha value is -2.55. The van der Waals surface area contributed by atoms with Crippen LogP contribution in [-0.4, -0.2) is 51.2 Å². The van der Waals surface area contributed by atoms with Crippen molar-refractivity contribution in [3.8, 4) is 5.69 Å². The highest BCUT2D eigenvalue weighted by Gasteiger charge is 2.28. The minimum absolute atomic E-state index is 0.116. The van der Waals surface area contributed by atoms with E-state index in [2.05, 4.69) is 25.8 Å². The molecule has 1 aliphatic heterocycles. The van der Waals surface area contributed by atoms with E-state index in [9.17, 15) is 8.42 Å². The molecule has 0 aliphatic carbocycles. The summed E-state index contributed by atoms with van der Waals surface area (Å²) in [5, 5.41) is 20.1. The topological polar surface area (TPSA) is 103 Å². The first kappa shape index (κ1) is 14.1. The van der Waals surface area contributed by atoms with Crippen LogP contribution >= 0.6 is 0 Å². The van der Waals surface area contributed by atoms with Gasteiger partial charge in [-0.3, -0.25) is 0 Å². The number of hydrogen-bond donors (Lipinski definition) is 1. The van der Waals surface area contributed by atoms with Gasteiger partial charge < -0.3 is 5.32 Å². The van der Waals surface area contributed by atoms with E-state index in [1.54, 1.807) is 10.9 Å². The fraction of sp³-hybridized carbons (Fsp3) is 0.286. The lowest BCUT2D eigenvalue weighted by Crippen LogP contribution is -2.21. The van der Waals surface area contributed by atoms with Crippen molar-refractivity contribution in [2.45, 2.75) is 12.5 Å². The highest BCUT2D eigenvalue weighted by atomic mass is 32.2. The molecule has 0 radical (unpaired) electrons. The van der Waals surface area contributed by atoms with Crippen molar-refractivity contribution in [2.75, 3.05) is 16.8 Å². The first-order valence-corrected chi connectivity index (χ1v) is 9.04. The summed E-state index contributed by atoms with van der Waals surface area (Å²) >= 11 is 0. The maximum atomic E-state index is 11.6. The lowest BCUT2D eigenvalue weighted by molar-refractivity contribution is 0.602. The summed E-state index contributed by atoms with van der Waals surface area (Å²) in [4.78, 5) is 0. The van der Waals surface area contributed by atoms with Crippen LogP contribution in [-0.2, 0) is 9.84 Å². The van der Waals surface area contributed by atoms with E-state index in [1.165, 1.54) is 0 Å². The highest BCUT2D eigenvalue weighted by Crippen LogP contribution is 2.23. The molecular weight excluding hydrogens is 316 g/mol. The second-order valence-electron chi connectivity index (χ2n) is 5.51. The van der Waals surface area contributed by atoms with Crippen LogP contribution in [0.2, 0.25) is 0 Å². The number of anilines is 1. The predicted octanol–water partition coefficient (Wildman–Crippen LogP) is 0.809. The first-order chi connectivity index (χ1) is 11.1. The van der Waals surface area contributed by atoms with Gasteiger partial charge in [0.05, 0.1) is 28.8 Å².